The van der Waals surface area contributed by atoms with Crippen LogP contribution in [0.15, 0.2) is 48.5 Å². The van der Waals surface area contributed by atoms with Crippen LogP contribution in [0.2, 0.25) is 0 Å². The van der Waals surface area contributed by atoms with Gasteiger partial charge < -0.3 is 47.3 Å². The summed E-state index contributed by atoms with van der Waals surface area (Å²) in [5.74, 6) is 2.74. The molecule has 2 saturated heterocycles. The van der Waals surface area contributed by atoms with Gasteiger partial charge in [-0.3, -0.25) is 9.80 Å². The van der Waals surface area contributed by atoms with Gasteiger partial charge in [-0.15, -0.1) is 10.2 Å². The number of nitrogens with zero attached hydrogens (tertiary/aromatic N) is 6. The lowest BCUT2D eigenvalue weighted by molar-refractivity contribution is 0.117. The standard InChI is InChI=1S/2C17H26N6O2.H2O/c2*18-16-20-17(22-21-16)19-10-14(24)12-25-15-6-4-5-13(9-15)11-23-7-2-1-3-8-23;/h2*4-6,9,14,24H,1-3,7-8,10-12H2,(H4,18,19,20,21,22);1H2. The summed E-state index contributed by atoms with van der Waals surface area (Å²) in [5.41, 5.74) is 13.3. The molecule has 0 saturated carbocycles. The van der Waals surface area contributed by atoms with Crippen molar-refractivity contribution < 1.29 is 25.2 Å². The van der Waals surface area contributed by atoms with Crippen LogP contribution in [0.3, 0.4) is 0 Å². The second-order valence-electron chi connectivity index (χ2n) is 12.7. The minimum atomic E-state index is -0.669. The van der Waals surface area contributed by atoms with Gasteiger partial charge in [0.25, 0.3) is 0 Å². The van der Waals surface area contributed by atoms with E-state index in [4.69, 9.17) is 20.9 Å². The zero-order valence-electron chi connectivity index (χ0n) is 29.1. The van der Waals surface area contributed by atoms with Crippen molar-refractivity contribution in [2.24, 2.45) is 0 Å². The SMILES string of the molecule is Nc1n[nH]c(NCC(O)COc2cccc(CN3CCCCC3)c2)n1.Nc1n[nH]c(NCC(O)COc2cccc(CN3CCCCC3)c2)n1.O. The highest BCUT2D eigenvalue weighted by Crippen LogP contribution is 2.19. The first-order chi connectivity index (χ1) is 24.4. The van der Waals surface area contributed by atoms with Gasteiger partial charge in [-0.2, -0.15) is 9.97 Å². The van der Waals surface area contributed by atoms with Gasteiger partial charge in [0.2, 0.25) is 23.8 Å². The lowest BCUT2D eigenvalue weighted by Crippen LogP contribution is -2.29. The first-order valence-electron chi connectivity index (χ1n) is 17.5. The van der Waals surface area contributed by atoms with Crippen LogP contribution in [-0.4, -0.2) is 121 Å². The molecule has 4 aromatic rings. The Morgan fingerprint density at radius 1 is 0.667 bits per heavy atom. The van der Waals surface area contributed by atoms with E-state index in [0.717, 1.165) is 24.6 Å². The van der Waals surface area contributed by atoms with Crippen molar-refractivity contribution in [3.05, 3.63) is 59.7 Å². The summed E-state index contributed by atoms with van der Waals surface area (Å²) in [6.07, 6.45) is 6.48. The highest BCUT2D eigenvalue weighted by Gasteiger charge is 2.13. The van der Waals surface area contributed by atoms with Gasteiger partial charge in [0.1, 0.15) is 36.9 Å². The highest BCUT2D eigenvalue weighted by molar-refractivity contribution is 5.32. The molecule has 6 rings (SSSR count). The molecule has 2 aliphatic heterocycles. The molecule has 4 heterocycles. The number of ether oxygens (including phenoxy) is 2. The number of rotatable bonds is 16. The molecule has 2 atom stereocenters. The molecular formula is C34H54N12O5. The summed E-state index contributed by atoms with van der Waals surface area (Å²) >= 11 is 0. The monoisotopic (exact) mass is 710 g/mol. The molecular weight excluding hydrogens is 656 g/mol. The normalized spacial score (nSPS) is 16.2. The fourth-order valence-electron chi connectivity index (χ4n) is 5.86. The molecule has 0 spiro atoms. The Bertz CT molecular complexity index is 1430. The molecule has 0 amide bonds. The number of nitrogen functional groups attached to an aromatic ring is 2. The minimum absolute atomic E-state index is 0. The Hall–Kier alpha value is -4.68. The van der Waals surface area contributed by atoms with E-state index in [2.05, 4.69) is 62.9 Å². The quantitative estimate of drug-likeness (QED) is 0.0823. The van der Waals surface area contributed by atoms with Crippen molar-refractivity contribution >= 4 is 23.8 Å². The van der Waals surface area contributed by atoms with Crippen LogP contribution in [0.4, 0.5) is 23.8 Å². The number of aliphatic hydroxyl groups excluding tert-OH is 2. The Kier molecular flexibility index (Phi) is 16.0. The Labute approximate surface area is 298 Å². The van der Waals surface area contributed by atoms with E-state index in [0.29, 0.717) is 25.0 Å². The molecule has 51 heavy (non-hydrogen) atoms. The number of nitrogens with one attached hydrogen (secondary N) is 4. The maximum Gasteiger partial charge on any atom is 0.241 e. The maximum absolute atomic E-state index is 10.0. The summed E-state index contributed by atoms with van der Waals surface area (Å²) in [6.45, 7) is 7.56. The summed E-state index contributed by atoms with van der Waals surface area (Å²) < 4.78 is 11.4. The van der Waals surface area contributed by atoms with Crippen LogP contribution >= 0.6 is 0 Å². The summed E-state index contributed by atoms with van der Waals surface area (Å²) in [5, 5.41) is 38.6. The van der Waals surface area contributed by atoms with E-state index < -0.39 is 12.2 Å². The Morgan fingerprint density at radius 3 is 1.45 bits per heavy atom. The Balaban J connectivity index is 0.000000224. The Morgan fingerprint density at radius 2 is 1.08 bits per heavy atom. The second-order valence-corrected chi connectivity index (χ2v) is 12.7. The molecule has 2 aromatic carbocycles. The van der Waals surface area contributed by atoms with E-state index in [-0.39, 0.29) is 30.6 Å². The third-order valence-electron chi connectivity index (χ3n) is 8.41. The van der Waals surface area contributed by atoms with Gasteiger partial charge in [0.05, 0.1) is 0 Å². The smallest absolute Gasteiger partial charge is 0.241 e. The first-order valence-corrected chi connectivity index (χ1v) is 17.5. The van der Waals surface area contributed by atoms with Gasteiger partial charge >= 0.3 is 0 Å². The second kappa shape index (κ2) is 20.9. The number of aromatic nitrogens is 6. The van der Waals surface area contributed by atoms with Crippen LogP contribution in [0.1, 0.15) is 49.7 Å². The molecule has 17 heteroatoms. The summed E-state index contributed by atoms with van der Waals surface area (Å²) in [6, 6.07) is 16.2. The topological polar surface area (TPSA) is 256 Å². The predicted molar refractivity (Wildman–Crippen MR) is 196 cm³/mol. The van der Waals surface area contributed by atoms with Gasteiger partial charge in [0.15, 0.2) is 0 Å². The van der Waals surface area contributed by atoms with Crippen molar-refractivity contribution in [3.8, 4) is 11.5 Å². The molecule has 17 nitrogen and oxygen atoms in total. The molecule has 0 bridgehead atoms. The number of benzene rings is 2. The molecule has 0 radical (unpaired) electrons. The summed E-state index contributed by atoms with van der Waals surface area (Å²) in [7, 11) is 0. The van der Waals surface area contributed by atoms with Crippen LogP contribution in [0.5, 0.6) is 11.5 Å². The predicted octanol–water partition coefficient (Wildman–Crippen LogP) is 1.62. The van der Waals surface area contributed by atoms with Crippen LogP contribution in [-0.2, 0) is 13.1 Å². The van der Waals surface area contributed by atoms with Crippen LogP contribution in [0.25, 0.3) is 0 Å². The maximum atomic E-state index is 10.0. The van der Waals surface area contributed by atoms with E-state index in [1.165, 1.54) is 75.8 Å². The van der Waals surface area contributed by atoms with Crippen molar-refractivity contribution in [1.82, 2.24) is 40.2 Å². The highest BCUT2D eigenvalue weighted by atomic mass is 16.5. The molecule has 2 aromatic heterocycles. The van der Waals surface area contributed by atoms with Gasteiger partial charge in [-0.25, -0.2) is 10.2 Å². The van der Waals surface area contributed by atoms with Crippen LogP contribution < -0.4 is 31.6 Å². The van der Waals surface area contributed by atoms with Gasteiger partial charge in [-0.1, -0.05) is 37.1 Å². The number of aromatic amines is 2. The van der Waals surface area contributed by atoms with E-state index in [1.54, 1.807) is 0 Å². The lowest BCUT2D eigenvalue weighted by atomic mass is 10.1. The number of likely N-dealkylation sites (tertiary alicyclic amines) is 2. The number of H-pyrrole nitrogens is 2. The fraction of sp³-hybridized carbons (Fsp3) is 0.529. The van der Waals surface area contributed by atoms with E-state index >= 15 is 0 Å². The van der Waals surface area contributed by atoms with Gasteiger partial charge in [-0.05, 0) is 87.3 Å². The number of anilines is 4. The molecule has 12 N–H and O–H groups in total. The fourth-order valence-corrected chi connectivity index (χ4v) is 5.86. The molecule has 0 aliphatic carbocycles. The minimum Gasteiger partial charge on any atom is -0.491 e. The molecule has 2 fully saturated rings. The number of nitrogens with two attached hydrogens (primary N) is 2. The number of aliphatic hydroxyl groups is 2. The summed E-state index contributed by atoms with van der Waals surface area (Å²) in [4.78, 5) is 12.8. The van der Waals surface area contributed by atoms with Crippen molar-refractivity contribution in [2.45, 2.75) is 63.8 Å². The first kappa shape index (κ1) is 39.1. The molecule has 2 aliphatic rings. The van der Waals surface area contributed by atoms with Crippen molar-refractivity contribution in [1.29, 1.82) is 0 Å². The zero-order valence-corrected chi connectivity index (χ0v) is 29.1. The lowest BCUT2D eigenvalue weighted by Gasteiger charge is -2.26. The number of piperidine rings is 2. The number of hydrogen-bond donors (Lipinski definition) is 8. The zero-order chi connectivity index (χ0) is 35.0. The van der Waals surface area contributed by atoms with Gasteiger partial charge in [0, 0.05) is 26.2 Å². The third kappa shape index (κ3) is 14.2. The molecule has 280 valence electrons. The van der Waals surface area contributed by atoms with Crippen molar-refractivity contribution in [2.75, 3.05) is 74.6 Å². The third-order valence-corrected chi connectivity index (χ3v) is 8.41. The molecule has 2 unspecified atom stereocenters. The average Bonchev–Trinajstić information content (AvgIpc) is 3.76. The van der Waals surface area contributed by atoms with Crippen LogP contribution in [0, 0.1) is 0 Å². The largest absolute Gasteiger partial charge is 0.491 e. The number of hydrogen-bond acceptors (Lipinski definition) is 14. The average molecular weight is 711 g/mol. The van der Waals surface area contributed by atoms with E-state index in [1.807, 2.05) is 36.4 Å². The van der Waals surface area contributed by atoms with E-state index in [9.17, 15) is 10.2 Å². The van der Waals surface area contributed by atoms with Crippen molar-refractivity contribution in [3.63, 3.8) is 0 Å².